The minimum absolute atomic E-state index is 0.185. The summed E-state index contributed by atoms with van der Waals surface area (Å²) in [7, 11) is 0. The first kappa shape index (κ1) is 22.6. The maximum atomic E-state index is 14.3. The summed E-state index contributed by atoms with van der Waals surface area (Å²) < 4.78 is 20.6. The Labute approximate surface area is 196 Å². The molecule has 0 amide bonds. The fourth-order valence-corrected chi connectivity index (χ4v) is 6.54. The topological polar surface area (TPSA) is 49.8 Å². The maximum Gasteiger partial charge on any atom is 0.306 e. The van der Waals surface area contributed by atoms with E-state index in [9.17, 15) is 14.3 Å². The van der Waals surface area contributed by atoms with Gasteiger partial charge in [0.1, 0.15) is 12.4 Å². The number of nitrogens with zero attached hydrogens (tertiary/aromatic N) is 1. The van der Waals surface area contributed by atoms with E-state index in [-0.39, 0.29) is 12.0 Å². The van der Waals surface area contributed by atoms with Crippen LogP contribution in [0.15, 0.2) is 30.3 Å². The molecule has 2 atom stereocenters. The Morgan fingerprint density at radius 2 is 1.76 bits per heavy atom. The van der Waals surface area contributed by atoms with Crippen LogP contribution in [0.3, 0.4) is 0 Å². The molecule has 2 bridgehead atoms. The minimum Gasteiger partial charge on any atom is -0.490 e. The van der Waals surface area contributed by atoms with Crippen LogP contribution in [0, 0.1) is 11.8 Å². The SMILES string of the molecule is CCC1CCC(Oc2ccc3ccc(CN4C5CCC4CC(C(=O)O)C5)cc3c2CF)CC1. The van der Waals surface area contributed by atoms with Crippen LogP contribution in [0.1, 0.15) is 75.8 Å². The molecule has 33 heavy (non-hydrogen) atoms. The summed E-state index contributed by atoms with van der Waals surface area (Å²) >= 11 is 0. The molecule has 2 saturated heterocycles. The lowest BCUT2D eigenvalue weighted by atomic mass is 9.86. The molecule has 5 heteroatoms. The van der Waals surface area contributed by atoms with Crippen molar-refractivity contribution in [3.8, 4) is 5.75 Å². The van der Waals surface area contributed by atoms with Crippen molar-refractivity contribution in [2.45, 2.75) is 96.1 Å². The molecule has 0 radical (unpaired) electrons. The second-order valence-corrected chi connectivity index (χ2v) is 10.5. The molecule has 3 fully saturated rings. The number of aliphatic carboxylic acids is 1. The van der Waals surface area contributed by atoms with Crippen molar-refractivity contribution >= 4 is 16.7 Å². The molecule has 2 aromatic carbocycles. The first-order valence-corrected chi connectivity index (χ1v) is 12.8. The summed E-state index contributed by atoms with van der Waals surface area (Å²) in [5.74, 6) is 0.645. The highest BCUT2D eigenvalue weighted by Gasteiger charge is 2.42. The molecule has 178 valence electrons. The molecule has 4 nitrogen and oxygen atoms in total. The second-order valence-electron chi connectivity index (χ2n) is 10.5. The van der Waals surface area contributed by atoms with Crippen molar-refractivity contribution in [2.24, 2.45) is 11.8 Å². The van der Waals surface area contributed by atoms with Gasteiger partial charge in [-0.25, -0.2) is 4.39 Å². The molecule has 3 aliphatic rings. The van der Waals surface area contributed by atoms with Gasteiger partial charge >= 0.3 is 5.97 Å². The molecule has 2 unspecified atom stereocenters. The fourth-order valence-electron chi connectivity index (χ4n) is 6.54. The largest absolute Gasteiger partial charge is 0.490 e. The summed E-state index contributed by atoms with van der Waals surface area (Å²) in [5, 5.41) is 11.4. The highest BCUT2D eigenvalue weighted by Crippen LogP contribution is 2.40. The normalized spacial score (nSPS) is 29.9. The number of piperidine rings is 1. The van der Waals surface area contributed by atoms with Gasteiger partial charge in [-0.15, -0.1) is 0 Å². The highest BCUT2D eigenvalue weighted by molar-refractivity contribution is 5.88. The molecule has 1 aliphatic carbocycles. The third kappa shape index (κ3) is 4.62. The zero-order valence-corrected chi connectivity index (χ0v) is 19.6. The number of carboxylic acids is 1. The van der Waals surface area contributed by atoms with Gasteiger partial charge in [0.05, 0.1) is 12.0 Å². The average Bonchev–Trinajstić information content (AvgIpc) is 3.05. The number of hydrogen-bond acceptors (Lipinski definition) is 3. The van der Waals surface area contributed by atoms with Crippen molar-refractivity contribution in [3.05, 3.63) is 41.5 Å². The van der Waals surface area contributed by atoms with Crippen molar-refractivity contribution < 1.29 is 19.0 Å². The highest BCUT2D eigenvalue weighted by atomic mass is 19.1. The first-order valence-electron chi connectivity index (χ1n) is 12.8. The summed E-state index contributed by atoms with van der Waals surface area (Å²) in [6.45, 7) is 2.53. The standard InChI is InChI=1S/C28H36FNO3/c1-2-18-4-10-24(11-5-18)33-27-12-7-20-6-3-19(13-25(20)26(27)16-29)17-30-22-8-9-23(30)15-21(14-22)28(31)32/h3,6-7,12-13,18,21-24H,2,4-5,8-11,14-17H2,1H3,(H,31,32). The third-order valence-electron chi connectivity index (χ3n) is 8.55. The van der Waals surface area contributed by atoms with E-state index in [1.54, 1.807) is 0 Å². The van der Waals surface area contributed by atoms with Crippen LogP contribution in [-0.4, -0.2) is 34.2 Å². The quantitative estimate of drug-likeness (QED) is 0.521. The summed E-state index contributed by atoms with van der Waals surface area (Å²) in [6.07, 6.45) is 9.57. The van der Waals surface area contributed by atoms with Gasteiger partial charge in [0.15, 0.2) is 0 Å². The number of carbonyl (C=O) groups is 1. The Balaban J connectivity index is 1.35. The molecule has 2 aliphatic heterocycles. The van der Waals surface area contributed by atoms with Crippen LogP contribution < -0.4 is 4.74 Å². The number of hydrogen-bond donors (Lipinski definition) is 1. The Hall–Kier alpha value is -2.14. The van der Waals surface area contributed by atoms with Gasteiger partial charge in [0.2, 0.25) is 0 Å². The van der Waals surface area contributed by atoms with Crippen molar-refractivity contribution in [1.82, 2.24) is 4.90 Å². The predicted molar refractivity (Wildman–Crippen MR) is 128 cm³/mol. The van der Waals surface area contributed by atoms with Crippen molar-refractivity contribution in [2.75, 3.05) is 0 Å². The zero-order chi connectivity index (χ0) is 22.9. The molecule has 2 heterocycles. The Bertz CT molecular complexity index is 986. The van der Waals surface area contributed by atoms with E-state index in [0.29, 0.717) is 23.4 Å². The summed E-state index contributed by atoms with van der Waals surface area (Å²) in [5.41, 5.74) is 1.84. The van der Waals surface area contributed by atoms with Gasteiger partial charge in [-0.1, -0.05) is 31.5 Å². The van der Waals surface area contributed by atoms with E-state index in [1.807, 2.05) is 12.1 Å². The van der Waals surface area contributed by atoms with Crippen LogP contribution >= 0.6 is 0 Å². The second kappa shape index (κ2) is 9.61. The molecular formula is C28H36FNO3. The number of halogens is 1. The van der Waals surface area contributed by atoms with Gasteiger partial charge < -0.3 is 9.84 Å². The minimum atomic E-state index is -0.652. The van der Waals surface area contributed by atoms with Crippen LogP contribution in [0.5, 0.6) is 5.75 Å². The van der Waals surface area contributed by atoms with E-state index in [4.69, 9.17) is 4.74 Å². The molecule has 0 spiro atoms. The lowest BCUT2D eigenvalue weighted by Gasteiger charge is -2.37. The monoisotopic (exact) mass is 453 g/mol. The van der Waals surface area contributed by atoms with Crippen LogP contribution in [-0.2, 0) is 18.0 Å². The van der Waals surface area contributed by atoms with E-state index in [1.165, 1.54) is 24.8 Å². The van der Waals surface area contributed by atoms with Crippen molar-refractivity contribution in [1.29, 1.82) is 0 Å². The zero-order valence-electron chi connectivity index (χ0n) is 19.6. The van der Waals surface area contributed by atoms with Gasteiger partial charge in [0.25, 0.3) is 0 Å². The van der Waals surface area contributed by atoms with Gasteiger partial charge in [-0.05, 0) is 85.8 Å². The fraction of sp³-hybridized carbons (Fsp3) is 0.607. The third-order valence-corrected chi connectivity index (χ3v) is 8.55. The van der Waals surface area contributed by atoms with Gasteiger partial charge in [0, 0.05) is 24.2 Å². The number of benzene rings is 2. The first-order chi connectivity index (χ1) is 16.1. The smallest absolute Gasteiger partial charge is 0.306 e. The number of alkyl halides is 1. The van der Waals surface area contributed by atoms with E-state index in [2.05, 4.69) is 30.0 Å². The number of fused-ring (bicyclic) bond motifs is 3. The van der Waals surface area contributed by atoms with Crippen LogP contribution in [0.25, 0.3) is 10.8 Å². The van der Waals surface area contributed by atoms with Crippen LogP contribution in [0.4, 0.5) is 4.39 Å². The molecular weight excluding hydrogens is 417 g/mol. The lowest BCUT2D eigenvalue weighted by Crippen LogP contribution is -2.44. The average molecular weight is 454 g/mol. The molecule has 0 aromatic heterocycles. The van der Waals surface area contributed by atoms with E-state index in [0.717, 1.165) is 61.8 Å². The number of carboxylic acid groups (broad SMARTS) is 1. The summed E-state index contributed by atoms with van der Waals surface area (Å²) in [6, 6.07) is 11.0. The Morgan fingerprint density at radius 3 is 2.39 bits per heavy atom. The van der Waals surface area contributed by atoms with E-state index < -0.39 is 12.6 Å². The Kier molecular flexibility index (Phi) is 6.60. The molecule has 1 N–H and O–H groups in total. The van der Waals surface area contributed by atoms with Gasteiger partial charge in [-0.3, -0.25) is 9.69 Å². The van der Waals surface area contributed by atoms with Crippen LogP contribution in [0.2, 0.25) is 0 Å². The van der Waals surface area contributed by atoms with Crippen molar-refractivity contribution in [3.63, 3.8) is 0 Å². The maximum absolute atomic E-state index is 14.3. The number of ether oxygens (including phenoxy) is 1. The molecule has 1 saturated carbocycles. The van der Waals surface area contributed by atoms with Gasteiger partial charge in [-0.2, -0.15) is 0 Å². The Morgan fingerprint density at radius 1 is 1.06 bits per heavy atom. The number of rotatable bonds is 7. The molecule has 2 aromatic rings. The summed E-state index contributed by atoms with van der Waals surface area (Å²) in [4.78, 5) is 14.0. The molecule has 5 rings (SSSR count). The van der Waals surface area contributed by atoms with E-state index >= 15 is 0 Å². The lowest BCUT2D eigenvalue weighted by molar-refractivity contribution is -0.144. The predicted octanol–water partition coefficient (Wildman–Crippen LogP) is 6.48.